The molecule has 0 saturated carbocycles. The van der Waals surface area contributed by atoms with Gasteiger partial charge in [0.1, 0.15) is 11.6 Å². The Bertz CT molecular complexity index is 2060. The van der Waals surface area contributed by atoms with Gasteiger partial charge in [-0.25, -0.2) is 8.78 Å². The van der Waals surface area contributed by atoms with Gasteiger partial charge in [-0.15, -0.1) is 5.10 Å². The summed E-state index contributed by atoms with van der Waals surface area (Å²) in [5.41, 5.74) is 4.01. The first kappa shape index (κ1) is 35.4. The van der Waals surface area contributed by atoms with Crippen molar-refractivity contribution >= 4 is 40.0 Å². The number of hydrogen-bond donors (Lipinski definition) is 3. The summed E-state index contributed by atoms with van der Waals surface area (Å²) in [5, 5.41) is 22.1. The summed E-state index contributed by atoms with van der Waals surface area (Å²) in [4.78, 5) is 30.6. The maximum atomic E-state index is 15.1. The standard InChI is InChI=1S/C36H36F2N8O3.C2H6/c1-3-39-35-44-43-33(49-35)24-6-10-27(29(38)18-24)22-12-15-46(16-13-22)31(47)20-45-17-14-36(2,21-45)34(48)40-26-9-11-30-28(19-26)32(42-41-30)23-4-7-25(37)8-5-23;1-2/h4-12,18-19H,3,13-17,20-21H2,1-2H3,(H,39,44)(H,40,48)(H,41,42);1-2H3. The van der Waals surface area contributed by atoms with E-state index < -0.39 is 5.41 Å². The molecule has 3 aromatic carbocycles. The number of nitrogens with zero attached hydrogens (tertiary/aromatic N) is 5. The zero-order valence-corrected chi connectivity index (χ0v) is 29.2. The molecule has 1 fully saturated rings. The van der Waals surface area contributed by atoms with Crippen molar-refractivity contribution in [1.29, 1.82) is 0 Å². The van der Waals surface area contributed by atoms with Gasteiger partial charge in [-0.05, 0) is 93.4 Å². The van der Waals surface area contributed by atoms with Crippen LogP contribution in [0.2, 0.25) is 0 Å². The number of likely N-dealkylation sites (tertiary alicyclic amines) is 1. The molecule has 0 spiro atoms. The highest BCUT2D eigenvalue weighted by Gasteiger charge is 2.41. The van der Waals surface area contributed by atoms with E-state index in [4.69, 9.17) is 4.42 Å². The Morgan fingerprint density at radius 1 is 1.00 bits per heavy atom. The van der Waals surface area contributed by atoms with E-state index in [9.17, 15) is 14.0 Å². The van der Waals surface area contributed by atoms with Crippen LogP contribution in [-0.2, 0) is 9.59 Å². The van der Waals surface area contributed by atoms with Crippen LogP contribution in [-0.4, -0.2) is 81.3 Å². The Hall–Kier alpha value is -5.43. The van der Waals surface area contributed by atoms with Crippen molar-refractivity contribution in [2.45, 2.75) is 40.5 Å². The number of nitrogens with one attached hydrogen (secondary N) is 3. The fourth-order valence-electron chi connectivity index (χ4n) is 6.48. The number of hydrogen-bond acceptors (Lipinski definition) is 8. The Balaban J connectivity index is 0.00000220. The number of benzene rings is 3. The molecule has 0 bridgehead atoms. The number of carbonyl (C=O) groups excluding carboxylic acids is 2. The molecule has 2 amide bonds. The lowest BCUT2D eigenvalue weighted by Crippen LogP contribution is -2.43. The van der Waals surface area contributed by atoms with E-state index in [1.807, 2.05) is 56.9 Å². The number of aromatic amines is 1. The fraction of sp³-hybridized carbons (Fsp3) is 0.342. The molecular weight excluding hydrogens is 654 g/mol. The average molecular weight is 697 g/mol. The number of carbonyl (C=O) groups is 2. The molecule has 0 radical (unpaired) electrons. The normalized spacial score (nSPS) is 17.5. The lowest BCUT2D eigenvalue weighted by molar-refractivity contribution is -0.132. The molecule has 1 saturated heterocycles. The number of H-pyrrole nitrogens is 1. The molecule has 2 aliphatic heterocycles. The fourth-order valence-corrected chi connectivity index (χ4v) is 6.48. The first-order chi connectivity index (χ1) is 24.7. The number of rotatable bonds is 9. The number of anilines is 2. The molecule has 3 N–H and O–H groups in total. The van der Waals surface area contributed by atoms with E-state index >= 15 is 4.39 Å². The smallest absolute Gasteiger partial charge is 0.315 e. The molecule has 13 heteroatoms. The monoisotopic (exact) mass is 696 g/mol. The molecule has 1 unspecified atom stereocenters. The molecule has 266 valence electrons. The zero-order chi connectivity index (χ0) is 36.1. The van der Waals surface area contributed by atoms with Crippen LogP contribution < -0.4 is 10.6 Å². The van der Waals surface area contributed by atoms with Crippen molar-refractivity contribution in [3.05, 3.63) is 83.9 Å². The van der Waals surface area contributed by atoms with Crippen LogP contribution in [0, 0.1) is 17.0 Å². The first-order valence-electron chi connectivity index (χ1n) is 17.3. The minimum atomic E-state index is -0.681. The van der Waals surface area contributed by atoms with E-state index in [0.717, 1.165) is 22.0 Å². The second kappa shape index (κ2) is 15.2. The van der Waals surface area contributed by atoms with E-state index in [1.54, 1.807) is 29.2 Å². The zero-order valence-electron chi connectivity index (χ0n) is 29.2. The Kier molecular flexibility index (Phi) is 10.6. The van der Waals surface area contributed by atoms with Gasteiger partial charge in [0.05, 0.1) is 23.2 Å². The van der Waals surface area contributed by atoms with Crippen molar-refractivity contribution in [2.24, 2.45) is 5.41 Å². The maximum Gasteiger partial charge on any atom is 0.315 e. The predicted molar refractivity (Wildman–Crippen MR) is 194 cm³/mol. The van der Waals surface area contributed by atoms with Crippen LogP contribution in [0.3, 0.4) is 0 Å². The van der Waals surface area contributed by atoms with Gasteiger partial charge in [-0.2, -0.15) is 5.10 Å². The molecule has 4 heterocycles. The maximum absolute atomic E-state index is 15.1. The van der Waals surface area contributed by atoms with E-state index in [-0.39, 0.29) is 41.9 Å². The van der Waals surface area contributed by atoms with Gasteiger partial charge >= 0.3 is 6.01 Å². The van der Waals surface area contributed by atoms with Crippen LogP contribution in [0.25, 0.3) is 39.2 Å². The summed E-state index contributed by atoms with van der Waals surface area (Å²) in [6, 6.07) is 16.8. The Labute approximate surface area is 295 Å². The van der Waals surface area contributed by atoms with Crippen LogP contribution in [0.4, 0.5) is 20.5 Å². The van der Waals surface area contributed by atoms with Gasteiger partial charge < -0.3 is 20.0 Å². The van der Waals surface area contributed by atoms with Crippen molar-refractivity contribution in [3.8, 4) is 22.7 Å². The molecule has 51 heavy (non-hydrogen) atoms. The average Bonchev–Trinajstić information content (AvgIpc) is 3.89. The largest absolute Gasteiger partial charge is 0.403 e. The summed E-state index contributed by atoms with van der Waals surface area (Å²) >= 11 is 0. The summed E-state index contributed by atoms with van der Waals surface area (Å²) in [5.74, 6) is -0.624. The second-order valence-corrected chi connectivity index (χ2v) is 12.8. The third kappa shape index (κ3) is 7.68. The molecule has 5 aromatic rings. The van der Waals surface area contributed by atoms with E-state index in [0.29, 0.717) is 68.1 Å². The Morgan fingerprint density at radius 3 is 2.51 bits per heavy atom. The number of fused-ring (bicyclic) bond motifs is 1. The van der Waals surface area contributed by atoms with Gasteiger partial charge in [-0.3, -0.25) is 19.6 Å². The Morgan fingerprint density at radius 2 is 1.78 bits per heavy atom. The molecule has 2 aromatic heterocycles. The van der Waals surface area contributed by atoms with Crippen molar-refractivity contribution in [1.82, 2.24) is 30.2 Å². The molecule has 11 nitrogen and oxygen atoms in total. The highest BCUT2D eigenvalue weighted by atomic mass is 19.1. The van der Waals surface area contributed by atoms with Crippen molar-refractivity contribution in [3.63, 3.8) is 0 Å². The molecular formula is C38H42F2N8O3. The SMILES string of the molecule is CC.CCNc1nnc(-c2ccc(C3=CCN(C(=O)CN4CCC(C)(C(=O)Nc5ccc6[nH]nc(-c7ccc(F)cc7)c6c5)C4)CC3)c(F)c2)o1. The molecule has 7 rings (SSSR count). The molecule has 2 aliphatic rings. The summed E-state index contributed by atoms with van der Waals surface area (Å²) in [6.07, 6.45) is 3.03. The third-order valence-electron chi connectivity index (χ3n) is 9.27. The lowest BCUT2D eigenvalue weighted by atomic mass is 9.88. The van der Waals surface area contributed by atoms with Gasteiger partial charge in [0.2, 0.25) is 17.7 Å². The minimum Gasteiger partial charge on any atom is -0.403 e. The summed E-state index contributed by atoms with van der Waals surface area (Å²) in [7, 11) is 0. The summed E-state index contributed by atoms with van der Waals surface area (Å²) in [6.45, 7) is 10.6. The predicted octanol–water partition coefficient (Wildman–Crippen LogP) is 6.98. The van der Waals surface area contributed by atoms with E-state index in [2.05, 4.69) is 31.0 Å². The molecule has 1 atom stereocenters. The van der Waals surface area contributed by atoms with Crippen molar-refractivity contribution in [2.75, 3.05) is 49.9 Å². The highest BCUT2D eigenvalue weighted by molar-refractivity contribution is 6.00. The number of aromatic nitrogens is 4. The topological polar surface area (TPSA) is 132 Å². The molecule has 0 aliphatic carbocycles. The quantitative estimate of drug-likeness (QED) is 0.150. The van der Waals surface area contributed by atoms with Crippen molar-refractivity contribution < 1.29 is 22.8 Å². The van der Waals surface area contributed by atoms with Gasteiger partial charge in [0, 0.05) is 53.9 Å². The van der Waals surface area contributed by atoms with Gasteiger partial charge in [0.25, 0.3) is 0 Å². The third-order valence-corrected chi connectivity index (χ3v) is 9.27. The van der Waals surface area contributed by atoms with Crippen LogP contribution in [0.1, 0.15) is 46.1 Å². The highest BCUT2D eigenvalue weighted by Crippen LogP contribution is 2.34. The lowest BCUT2D eigenvalue weighted by Gasteiger charge is -2.29. The van der Waals surface area contributed by atoms with Crippen LogP contribution in [0.15, 0.2) is 71.2 Å². The summed E-state index contributed by atoms with van der Waals surface area (Å²) < 4.78 is 34.1. The van der Waals surface area contributed by atoms with Gasteiger partial charge in [-0.1, -0.05) is 31.1 Å². The minimum absolute atomic E-state index is 0.0256. The number of halogens is 2. The van der Waals surface area contributed by atoms with E-state index in [1.165, 1.54) is 18.2 Å². The van der Waals surface area contributed by atoms with Gasteiger partial charge in [0.15, 0.2) is 0 Å². The van der Waals surface area contributed by atoms with Crippen LogP contribution in [0.5, 0.6) is 0 Å². The van der Waals surface area contributed by atoms with Crippen LogP contribution >= 0.6 is 0 Å². The number of amides is 2. The second-order valence-electron chi connectivity index (χ2n) is 12.8. The first-order valence-corrected chi connectivity index (χ1v) is 17.3.